The summed E-state index contributed by atoms with van der Waals surface area (Å²) in [6, 6.07) is 2.51. The summed E-state index contributed by atoms with van der Waals surface area (Å²) >= 11 is 0. The summed E-state index contributed by atoms with van der Waals surface area (Å²) < 4.78 is 14.3. The molecule has 2 saturated carbocycles. The van der Waals surface area contributed by atoms with Crippen molar-refractivity contribution in [1.82, 2.24) is 9.97 Å². The van der Waals surface area contributed by atoms with Gasteiger partial charge in [-0.3, -0.25) is 14.5 Å². The van der Waals surface area contributed by atoms with Crippen LogP contribution in [0.3, 0.4) is 0 Å². The fourth-order valence-corrected chi connectivity index (χ4v) is 5.24. The number of fused-ring (bicyclic) bond motifs is 2. The number of benzene rings is 1. The van der Waals surface area contributed by atoms with Gasteiger partial charge in [-0.15, -0.1) is 0 Å². The molecule has 0 radical (unpaired) electrons. The number of aliphatic hydroxyl groups is 1. The minimum atomic E-state index is -0.843. The van der Waals surface area contributed by atoms with Gasteiger partial charge < -0.3 is 21.1 Å². The molecule has 0 aliphatic heterocycles. The van der Waals surface area contributed by atoms with Crippen LogP contribution in [-0.4, -0.2) is 53.6 Å². The molecular weight excluding hydrogens is 427 g/mol. The first-order valence-electron chi connectivity index (χ1n) is 11.0. The van der Waals surface area contributed by atoms with E-state index >= 15 is 0 Å². The third-order valence-electron chi connectivity index (χ3n) is 6.76. The summed E-state index contributed by atoms with van der Waals surface area (Å²) in [6.07, 6.45) is 5.37. The van der Waals surface area contributed by atoms with Crippen molar-refractivity contribution < 1.29 is 19.1 Å². The zero-order valence-electron chi connectivity index (χ0n) is 19.0. The Morgan fingerprint density at radius 2 is 1.94 bits per heavy atom. The van der Waals surface area contributed by atoms with Crippen molar-refractivity contribution in [3.8, 4) is 0 Å². The molecule has 1 heterocycles. The molecule has 1 aromatic heterocycles. The summed E-state index contributed by atoms with van der Waals surface area (Å²) in [5.74, 6) is -0.513. The number of halogens is 1. The number of aromatic nitrogens is 2. The molecule has 2 atom stereocenters. The standard InChI is InChI=1S/C23H29FN6O3/c1-12-6-16(21(25)33)17(24)9-18(12)27-23-26-10-19(29(2)3)22(28-23)30(11-31)20-13-4-5-14(20)8-15(32)7-13/h6,9-11,13-15,20,32H,4-5,7-8H2,1-3H3,(H2,25,33)(H,26,27,28). The summed E-state index contributed by atoms with van der Waals surface area (Å²) in [4.78, 5) is 36.2. The van der Waals surface area contributed by atoms with Crippen molar-refractivity contribution in [2.75, 3.05) is 29.2 Å². The fourth-order valence-electron chi connectivity index (χ4n) is 5.24. The fraction of sp³-hybridized carbons (Fsp3) is 0.478. The van der Waals surface area contributed by atoms with Gasteiger partial charge in [0.2, 0.25) is 12.4 Å². The number of hydrogen-bond acceptors (Lipinski definition) is 7. The Bertz CT molecular complexity index is 1060. The quantitative estimate of drug-likeness (QED) is 0.546. The maximum absolute atomic E-state index is 14.3. The van der Waals surface area contributed by atoms with Crippen LogP contribution in [0.15, 0.2) is 18.3 Å². The largest absolute Gasteiger partial charge is 0.393 e. The zero-order chi connectivity index (χ0) is 23.9. The highest BCUT2D eigenvalue weighted by molar-refractivity contribution is 5.94. The zero-order valence-corrected chi connectivity index (χ0v) is 19.0. The molecule has 0 spiro atoms. The number of carbonyl (C=O) groups is 2. The Balaban J connectivity index is 1.70. The molecule has 2 fully saturated rings. The lowest BCUT2D eigenvalue weighted by atomic mass is 9.81. The number of anilines is 4. The second kappa shape index (κ2) is 8.93. The van der Waals surface area contributed by atoms with Crippen LogP contribution in [-0.2, 0) is 4.79 Å². The van der Waals surface area contributed by atoms with Gasteiger partial charge in [0, 0.05) is 25.8 Å². The molecule has 2 amide bonds. The van der Waals surface area contributed by atoms with E-state index in [0.717, 1.165) is 19.3 Å². The van der Waals surface area contributed by atoms with Crippen LogP contribution in [0.1, 0.15) is 41.6 Å². The lowest BCUT2D eigenvalue weighted by molar-refractivity contribution is -0.108. The van der Waals surface area contributed by atoms with Gasteiger partial charge in [0.1, 0.15) is 5.82 Å². The minimum absolute atomic E-state index is 0.0404. The van der Waals surface area contributed by atoms with Crippen LogP contribution in [0, 0.1) is 24.6 Å². The second-order valence-corrected chi connectivity index (χ2v) is 9.16. The van der Waals surface area contributed by atoms with E-state index in [1.54, 1.807) is 18.0 Å². The van der Waals surface area contributed by atoms with Gasteiger partial charge in [-0.05, 0) is 62.1 Å². The third-order valence-corrected chi connectivity index (χ3v) is 6.76. The molecule has 2 bridgehead atoms. The molecule has 2 aliphatic rings. The molecule has 176 valence electrons. The molecule has 0 saturated heterocycles. The third kappa shape index (κ3) is 4.35. The van der Waals surface area contributed by atoms with E-state index in [1.807, 2.05) is 19.0 Å². The molecule has 4 rings (SSSR count). The van der Waals surface area contributed by atoms with Crippen LogP contribution in [0.4, 0.5) is 27.5 Å². The molecule has 33 heavy (non-hydrogen) atoms. The molecule has 2 aromatic rings. The molecule has 2 unspecified atom stereocenters. The second-order valence-electron chi connectivity index (χ2n) is 9.16. The molecule has 2 aliphatic carbocycles. The van der Waals surface area contributed by atoms with Crippen molar-refractivity contribution in [2.45, 2.75) is 44.8 Å². The first-order valence-corrected chi connectivity index (χ1v) is 11.0. The van der Waals surface area contributed by atoms with E-state index in [1.165, 1.54) is 12.1 Å². The summed E-state index contributed by atoms with van der Waals surface area (Å²) in [5.41, 5.74) is 6.69. The number of nitrogens with zero attached hydrogens (tertiary/aromatic N) is 4. The van der Waals surface area contributed by atoms with Gasteiger partial charge in [0.25, 0.3) is 5.91 Å². The number of nitrogens with two attached hydrogens (primary N) is 1. The number of aryl methyl sites for hydroxylation is 1. The van der Waals surface area contributed by atoms with Crippen LogP contribution < -0.4 is 20.9 Å². The smallest absolute Gasteiger partial charge is 0.251 e. The number of nitrogens with one attached hydrogen (secondary N) is 1. The van der Waals surface area contributed by atoms with Gasteiger partial charge in [-0.2, -0.15) is 4.98 Å². The number of rotatable bonds is 7. The maximum Gasteiger partial charge on any atom is 0.251 e. The number of aliphatic hydroxyl groups excluding tert-OH is 1. The van der Waals surface area contributed by atoms with E-state index in [0.29, 0.717) is 35.6 Å². The molecular formula is C23H29FN6O3. The highest BCUT2D eigenvalue weighted by Crippen LogP contribution is 2.46. The topological polar surface area (TPSA) is 125 Å². The summed E-state index contributed by atoms with van der Waals surface area (Å²) in [5, 5.41) is 13.2. The normalized spacial score (nSPS) is 23.8. The lowest BCUT2D eigenvalue weighted by Crippen LogP contribution is -2.47. The highest BCUT2D eigenvalue weighted by Gasteiger charge is 2.46. The minimum Gasteiger partial charge on any atom is -0.393 e. The molecule has 4 N–H and O–H groups in total. The van der Waals surface area contributed by atoms with E-state index in [2.05, 4.69) is 15.3 Å². The lowest BCUT2D eigenvalue weighted by Gasteiger charge is -2.39. The van der Waals surface area contributed by atoms with Crippen molar-refractivity contribution in [3.05, 3.63) is 35.3 Å². The van der Waals surface area contributed by atoms with E-state index in [9.17, 15) is 19.1 Å². The molecule has 9 nitrogen and oxygen atoms in total. The van der Waals surface area contributed by atoms with Crippen molar-refractivity contribution in [1.29, 1.82) is 0 Å². The van der Waals surface area contributed by atoms with Crippen LogP contribution in [0.2, 0.25) is 0 Å². The van der Waals surface area contributed by atoms with Gasteiger partial charge in [0.05, 0.1) is 23.6 Å². The van der Waals surface area contributed by atoms with Crippen LogP contribution >= 0.6 is 0 Å². The average molecular weight is 457 g/mol. The Morgan fingerprint density at radius 1 is 1.27 bits per heavy atom. The van der Waals surface area contributed by atoms with Gasteiger partial charge in [0.15, 0.2) is 5.82 Å². The number of hydrogen-bond donors (Lipinski definition) is 3. The van der Waals surface area contributed by atoms with E-state index < -0.39 is 11.7 Å². The number of carbonyl (C=O) groups excluding carboxylic acids is 2. The predicted octanol–water partition coefficient (Wildman–Crippen LogP) is 2.34. The Kier molecular flexibility index (Phi) is 6.20. The van der Waals surface area contributed by atoms with Crippen molar-refractivity contribution >= 4 is 35.5 Å². The van der Waals surface area contributed by atoms with Crippen molar-refractivity contribution in [3.63, 3.8) is 0 Å². The summed E-state index contributed by atoms with van der Waals surface area (Å²) in [7, 11) is 3.69. The summed E-state index contributed by atoms with van der Waals surface area (Å²) in [6.45, 7) is 1.71. The molecule has 1 aromatic carbocycles. The average Bonchev–Trinajstić information content (AvgIpc) is 3.01. The van der Waals surface area contributed by atoms with E-state index in [-0.39, 0.29) is 35.5 Å². The van der Waals surface area contributed by atoms with Crippen LogP contribution in [0.5, 0.6) is 0 Å². The Morgan fingerprint density at radius 3 is 2.52 bits per heavy atom. The highest BCUT2D eigenvalue weighted by atomic mass is 19.1. The Labute approximate surface area is 191 Å². The predicted molar refractivity (Wildman–Crippen MR) is 123 cm³/mol. The number of primary amides is 1. The number of amides is 2. The van der Waals surface area contributed by atoms with Gasteiger partial charge in [-0.1, -0.05) is 0 Å². The van der Waals surface area contributed by atoms with E-state index in [4.69, 9.17) is 5.73 Å². The Hall–Kier alpha value is -3.27. The van der Waals surface area contributed by atoms with Crippen molar-refractivity contribution in [2.24, 2.45) is 17.6 Å². The first kappa shape index (κ1) is 22.9. The van der Waals surface area contributed by atoms with Gasteiger partial charge >= 0.3 is 0 Å². The SMILES string of the molecule is Cc1cc(C(N)=O)c(F)cc1Nc1ncc(N(C)C)c(N(C=O)C2C3CCC2CC(O)C3)n1. The van der Waals surface area contributed by atoms with Gasteiger partial charge in [-0.25, -0.2) is 9.37 Å². The molecule has 10 heteroatoms. The first-order chi connectivity index (χ1) is 15.7. The van der Waals surface area contributed by atoms with Crippen LogP contribution in [0.25, 0.3) is 0 Å². The maximum atomic E-state index is 14.3. The monoisotopic (exact) mass is 456 g/mol.